The van der Waals surface area contributed by atoms with E-state index < -0.39 is 0 Å². The highest BCUT2D eigenvalue weighted by molar-refractivity contribution is 4.32. The quantitative estimate of drug-likeness (QED) is 0.494. The van der Waals surface area contributed by atoms with Gasteiger partial charge in [0.15, 0.2) is 0 Å². The molecule has 2 nitrogen and oxygen atoms in total. The summed E-state index contributed by atoms with van der Waals surface area (Å²) in [6.07, 6.45) is -0.167. The van der Waals surface area contributed by atoms with Crippen molar-refractivity contribution in [2.24, 2.45) is 5.73 Å². The Balaban J connectivity index is 0. The van der Waals surface area contributed by atoms with Crippen LogP contribution in [-0.2, 0) is 0 Å². The minimum atomic E-state index is -0.167. The molecule has 0 aliphatic heterocycles. The van der Waals surface area contributed by atoms with Crippen LogP contribution in [0.5, 0.6) is 0 Å². The Kier molecular flexibility index (Phi) is 9.36. The van der Waals surface area contributed by atoms with Gasteiger partial charge in [-0.2, -0.15) is 0 Å². The Labute approximate surface area is 51.7 Å². The third-order valence-corrected chi connectivity index (χ3v) is 0. The number of hydrogen-bond donors (Lipinski definition) is 2. The fraction of sp³-hybridized carbons (Fsp3) is 1.00. The van der Waals surface area contributed by atoms with E-state index in [1.807, 2.05) is 13.8 Å². The molecule has 0 fully saturated rings. The highest BCUT2D eigenvalue weighted by Gasteiger charge is 1.69. The molecule has 0 aromatic carbocycles. The maximum absolute atomic E-state index is 8.06. The smallest absolute Gasteiger partial charge is 0.0483 e. The van der Waals surface area contributed by atoms with Gasteiger partial charge in [-0.25, -0.2) is 0 Å². The number of aliphatic hydroxyl groups excluding tert-OH is 1. The minimum absolute atomic E-state index is 0.167. The second kappa shape index (κ2) is 6.92. The molecular formula is C6H17NO. The fourth-order valence-electron chi connectivity index (χ4n) is 0. The van der Waals surface area contributed by atoms with Crippen molar-refractivity contribution in [1.82, 2.24) is 0 Å². The number of rotatable bonds is 0. The second-order valence-corrected chi connectivity index (χ2v) is 2.34. The molecule has 8 heavy (non-hydrogen) atoms. The Bertz CT molecular complexity index is 24.0. The van der Waals surface area contributed by atoms with E-state index in [0.29, 0.717) is 6.04 Å². The van der Waals surface area contributed by atoms with E-state index in [0.717, 1.165) is 0 Å². The lowest BCUT2D eigenvalue weighted by atomic mass is 10.5. The number of hydrogen-bond acceptors (Lipinski definition) is 2. The van der Waals surface area contributed by atoms with Crippen molar-refractivity contribution in [3.8, 4) is 0 Å². The SMILES string of the molecule is CC(C)N.CC(C)O. The Morgan fingerprint density at radius 3 is 1.12 bits per heavy atom. The van der Waals surface area contributed by atoms with E-state index in [1.54, 1.807) is 13.8 Å². The van der Waals surface area contributed by atoms with Crippen LogP contribution in [0.2, 0.25) is 0 Å². The Hall–Kier alpha value is -0.0800. The van der Waals surface area contributed by atoms with Crippen LogP contribution in [0.3, 0.4) is 0 Å². The zero-order chi connectivity index (χ0) is 7.15. The van der Waals surface area contributed by atoms with Crippen LogP contribution in [0.1, 0.15) is 27.7 Å². The van der Waals surface area contributed by atoms with E-state index in [4.69, 9.17) is 10.8 Å². The third kappa shape index (κ3) is 22400. The normalized spacial score (nSPS) is 9.00. The first-order chi connectivity index (χ1) is 3.46. The van der Waals surface area contributed by atoms with E-state index in [2.05, 4.69) is 0 Å². The van der Waals surface area contributed by atoms with Crippen molar-refractivity contribution in [3.05, 3.63) is 0 Å². The zero-order valence-corrected chi connectivity index (χ0v) is 6.18. The molecule has 3 N–H and O–H groups in total. The molecule has 0 heterocycles. The molecule has 0 aromatic rings. The van der Waals surface area contributed by atoms with E-state index >= 15 is 0 Å². The molecule has 0 aliphatic carbocycles. The van der Waals surface area contributed by atoms with Gasteiger partial charge in [0.1, 0.15) is 0 Å². The largest absolute Gasteiger partial charge is 0.394 e. The van der Waals surface area contributed by atoms with Gasteiger partial charge >= 0.3 is 0 Å². The van der Waals surface area contributed by atoms with Gasteiger partial charge in [-0.15, -0.1) is 0 Å². The predicted molar refractivity (Wildman–Crippen MR) is 36.7 cm³/mol. The van der Waals surface area contributed by atoms with Crippen molar-refractivity contribution in [3.63, 3.8) is 0 Å². The van der Waals surface area contributed by atoms with Crippen LogP contribution >= 0.6 is 0 Å². The number of aliphatic hydroxyl groups is 1. The topological polar surface area (TPSA) is 46.2 Å². The zero-order valence-electron chi connectivity index (χ0n) is 6.18. The lowest BCUT2D eigenvalue weighted by Gasteiger charge is -1.81. The molecule has 0 atom stereocenters. The average molecular weight is 119 g/mol. The van der Waals surface area contributed by atoms with Gasteiger partial charge in [-0.1, -0.05) is 13.8 Å². The molecule has 0 unspecified atom stereocenters. The fourth-order valence-corrected chi connectivity index (χ4v) is 0. The highest BCUT2D eigenvalue weighted by Crippen LogP contribution is 1.65. The summed E-state index contributed by atoms with van der Waals surface area (Å²) in [6, 6.07) is 0.333. The summed E-state index contributed by atoms with van der Waals surface area (Å²) in [5.74, 6) is 0. The monoisotopic (exact) mass is 119 g/mol. The molecule has 0 spiro atoms. The molecule has 0 radical (unpaired) electrons. The van der Waals surface area contributed by atoms with Gasteiger partial charge in [-0.05, 0) is 19.9 Å². The third-order valence-electron chi connectivity index (χ3n) is 0. The minimum Gasteiger partial charge on any atom is -0.394 e. The van der Waals surface area contributed by atoms with Gasteiger partial charge in [0.2, 0.25) is 0 Å². The molecule has 0 rings (SSSR count). The molecule has 0 saturated carbocycles. The maximum Gasteiger partial charge on any atom is 0.0483 e. The van der Waals surface area contributed by atoms with Gasteiger partial charge in [0.05, 0.1) is 0 Å². The second-order valence-electron chi connectivity index (χ2n) is 2.34. The summed E-state index contributed by atoms with van der Waals surface area (Å²) in [4.78, 5) is 0. The van der Waals surface area contributed by atoms with Crippen molar-refractivity contribution in [2.75, 3.05) is 0 Å². The lowest BCUT2D eigenvalue weighted by molar-refractivity contribution is 0.216. The molecule has 0 aromatic heterocycles. The Morgan fingerprint density at radius 2 is 1.12 bits per heavy atom. The van der Waals surface area contributed by atoms with Gasteiger partial charge in [0, 0.05) is 6.10 Å². The molecule has 52 valence electrons. The molecule has 0 bridgehead atoms. The van der Waals surface area contributed by atoms with Crippen molar-refractivity contribution >= 4 is 0 Å². The summed E-state index contributed by atoms with van der Waals surface area (Å²) in [5.41, 5.74) is 5.11. The van der Waals surface area contributed by atoms with Crippen LogP contribution in [-0.4, -0.2) is 17.3 Å². The first-order valence-corrected chi connectivity index (χ1v) is 2.90. The lowest BCUT2D eigenvalue weighted by Crippen LogP contribution is -2.06. The molecule has 0 aliphatic rings. The summed E-state index contributed by atoms with van der Waals surface area (Å²) >= 11 is 0. The molecule has 2 heteroatoms. The van der Waals surface area contributed by atoms with Crippen LogP contribution in [0.4, 0.5) is 0 Å². The van der Waals surface area contributed by atoms with E-state index in [9.17, 15) is 0 Å². The molecular weight excluding hydrogens is 102 g/mol. The van der Waals surface area contributed by atoms with Crippen molar-refractivity contribution < 1.29 is 5.11 Å². The average Bonchev–Trinajstić information content (AvgIpc) is 1.25. The predicted octanol–water partition coefficient (Wildman–Crippen LogP) is 0.741. The van der Waals surface area contributed by atoms with Gasteiger partial charge in [-0.3, -0.25) is 0 Å². The van der Waals surface area contributed by atoms with Crippen LogP contribution in [0.25, 0.3) is 0 Å². The summed E-state index contributed by atoms with van der Waals surface area (Å²) in [5, 5.41) is 8.06. The Morgan fingerprint density at radius 1 is 1.12 bits per heavy atom. The standard InChI is InChI=1S/C3H9N.C3H8O/c2*1-3(2)4/h3H,4H2,1-2H3;3-4H,1-2H3. The summed E-state index contributed by atoms with van der Waals surface area (Å²) in [6.45, 7) is 7.33. The first-order valence-electron chi connectivity index (χ1n) is 2.90. The van der Waals surface area contributed by atoms with E-state index in [1.165, 1.54) is 0 Å². The first kappa shape index (κ1) is 10.8. The highest BCUT2D eigenvalue weighted by atomic mass is 16.3. The van der Waals surface area contributed by atoms with Crippen molar-refractivity contribution in [1.29, 1.82) is 0 Å². The van der Waals surface area contributed by atoms with Crippen molar-refractivity contribution in [2.45, 2.75) is 39.8 Å². The van der Waals surface area contributed by atoms with Crippen LogP contribution in [0, 0.1) is 0 Å². The van der Waals surface area contributed by atoms with Gasteiger partial charge in [0.25, 0.3) is 0 Å². The van der Waals surface area contributed by atoms with Crippen LogP contribution in [0.15, 0.2) is 0 Å². The summed E-state index contributed by atoms with van der Waals surface area (Å²) in [7, 11) is 0. The summed E-state index contributed by atoms with van der Waals surface area (Å²) < 4.78 is 0. The molecule has 0 amide bonds. The molecule has 0 saturated heterocycles. The van der Waals surface area contributed by atoms with E-state index in [-0.39, 0.29) is 6.10 Å². The number of nitrogens with two attached hydrogens (primary N) is 1. The maximum atomic E-state index is 8.06. The van der Waals surface area contributed by atoms with Gasteiger partial charge < -0.3 is 10.8 Å². The van der Waals surface area contributed by atoms with Crippen LogP contribution < -0.4 is 5.73 Å².